The van der Waals surface area contributed by atoms with Crippen molar-refractivity contribution in [1.82, 2.24) is 0 Å². The summed E-state index contributed by atoms with van der Waals surface area (Å²) in [5.41, 5.74) is 16.4. The first-order valence-corrected chi connectivity index (χ1v) is 18.1. The van der Waals surface area contributed by atoms with Gasteiger partial charge in [-0.1, -0.05) is 119 Å². The van der Waals surface area contributed by atoms with Gasteiger partial charge in [-0.25, -0.2) is 0 Å². The quantitative estimate of drug-likeness (QED) is 0.176. The molecule has 0 amide bonds. The van der Waals surface area contributed by atoms with E-state index in [2.05, 4.69) is 154 Å². The molecule has 0 saturated heterocycles. The number of rotatable bonds is 2. The Hall–Kier alpha value is -4.15. The lowest BCUT2D eigenvalue weighted by Crippen LogP contribution is -2.64. The predicted octanol–water partition coefficient (Wildman–Crippen LogP) is 9.95. The lowest BCUT2D eigenvalue weighted by molar-refractivity contribution is 0.590. The molecule has 4 aliphatic rings. The van der Waals surface area contributed by atoms with Crippen LogP contribution in [0.3, 0.4) is 0 Å². The number of nitrogens with zero attached hydrogens (tertiary/aromatic N) is 2. The Morgan fingerprint density at radius 2 is 1.34 bits per heavy atom. The van der Waals surface area contributed by atoms with Crippen molar-refractivity contribution in [3.8, 4) is 0 Å². The maximum Gasteiger partial charge on any atom is 0.247 e. The van der Waals surface area contributed by atoms with E-state index in [1.807, 2.05) is 11.8 Å². The zero-order chi connectivity index (χ0) is 32.1. The molecular formula is C43H41BN2S. The maximum atomic E-state index is 2.59. The van der Waals surface area contributed by atoms with Crippen LogP contribution in [0, 0.1) is 0 Å². The van der Waals surface area contributed by atoms with Crippen molar-refractivity contribution in [2.45, 2.75) is 76.0 Å². The molecule has 3 aliphatic heterocycles. The Labute approximate surface area is 284 Å². The number of hydrogen-bond donors (Lipinski definition) is 0. The lowest BCUT2D eigenvalue weighted by atomic mass is 9.30. The Kier molecular flexibility index (Phi) is 6.44. The minimum atomic E-state index is -0.0866. The third kappa shape index (κ3) is 4.33. The van der Waals surface area contributed by atoms with E-state index in [0.29, 0.717) is 0 Å². The predicted molar refractivity (Wildman–Crippen MR) is 203 cm³/mol. The van der Waals surface area contributed by atoms with Gasteiger partial charge >= 0.3 is 0 Å². The van der Waals surface area contributed by atoms with Gasteiger partial charge in [-0.15, -0.1) is 0 Å². The van der Waals surface area contributed by atoms with E-state index in [4.69, 9.17) is 0 Å². The molecule has 0 bridgehead atoms. The minimum Gasteiger partial charge on any atom is -0.312 e. The van der Waals surface area contributed by atoms with Crippen LogP contribution in [0.2, 0.25) is 0 Å². The average Bonchev–Trinajstić information content (AvgIpc) is 3.08. The van der Waals surface area contributed by atoms with Crippen LogP contribution in [-0.4, -0.2) is 6.71 Å². The molecule has 2 nitrogen and oxygen atoms in total. The van der Waals surface area contributed by atoms with Crippen LogP contribution in [0.5, 0.6) is 0 Å². The summed E-state index contributed by atoms with van der Waals surface area (Å²) in [4.78, 5) is 8.05. The van der Waals surface area contributed by atoms with Crippen molar-refractivity contribution in [1.29, 1.82) is 0 Å². The molecule has 0 aromatic heterocycles. The normalized spacial score (nSPS) is 17.4. The van der Waals surface area contributed by atoms with E-state index in [-0.39, 0.29) is 17.5 Å². The van der Waals surface area contributed by atoms with Crippen LogP contribution in [-0.2, 0) is 10.8 Å². The molecule has 5 aromatic carbocycles. The first-order chi connectivity index (χ1) is 22.7. The van der Waals surface area contributed by atoms with Gasteiger partial charge in [0.1, 0.15) is 0 Å². The summed E-state index contributed by atoms with van der Waals surface area (Å²) in [5, 5.41) is 0. The van der Waals surface area contributed by atoms with Crippen LogP contribution in [0.4, 0.5) is 28.4 Å². The smallest absolute Gasteiger partial charge is 0.247 e. The second kappa shape index (κ2) is 10.4. The number of fused-ring (bicyclic) bond motifs is 5. The zero-order valence-electron chi connectivity index (χ0n) is 28.1. The van der Waals surface area contributed by atoms with Crippen molar-refractivity contribution in [2.24, 2.45) is 0 Å². The fraction of sp³-hybridized carbons (Fsp3) is 0.256. The van der Waals surface area contributed by atoms with Crippen molar-refractivity contribution in [3.05, 3.63) is 136 Å². The van der Waals surface area contributed by atoms with Gasteiger partial charge < -0.3 is 9.80 Å². The van der Waals surface area contributed by atoms with Gasteiger partial charge in [0.05, 0.1) is 5.69 Å². The first kappa shape index (κ1) is 29.0. The molecular weight excluding hydrogens is 587 g/mol. The highest BCUT2D eigenvalue weighted by atomic mass is 32.2. The van der Waals surface area contributed by atoms with Gasteiger partial charge in [-0.05, 0) is 101 Å². The standard InChI is InChI=1S/C43H41BN2S/c1-42(2,3)28-21-23-29(24-22-28)45-37-18-12-14-32-41(37)44(33-15-7-6-13-31(33)43(32,4)5)34-26-25-30(27-38(34)45)46-35-16-8-10-19-39(35)47-40-20-11-9-17-36(40)46/h6-8,10,12-16,18-19,21-27H,9,11,17,20H2,1-5H3. The Morgan fingerprint density at radius 3 is 2.17 bits per heavy atom. The molecule has 0 unspecified atom stereocenters. The van der Waals surface area contributed by atoms with Gasteiger partial charge in [0.25, 0.3) is 0 Å². The molecule has 4 heteroatoms. The van der Waals surface area contributed by atoms with Crippen LogP contribution in [0.15, 0.2) is 125 Å². The van der Waals surface area contributed by atoms with Gasteiger partial charge in [0, 0.05) is 43.7 Å². The second-order valence-electron chi connectivity index (χ2n) is 15.2. The minimum absolute atomic E-state index is 0.0866. The highest BCUT2D eigenvalue weighted by Gasteiger charge is 2.46. The molecule has 3 heterocycles. The largest absolute Gasteiger partial charge is 0.312 e. The Morgan fingerprint density at radius 1 is 0.638 bits per heavy atom. The number of benzene rings is 5. The molecule has 0 radical (unpaired) electrons. The van der Waals surface area contributed by atoms with Crippen molar-refractivity contribution < 1.29 is 0 Å². The maximum absolute atomic E-state index is 2.59. The van der Waals surface area contributed by atoms with E-state index in [1.165, 1.54) is 91.4 Å². The van der Waals surface area contributed by atoms with Crippen molar-refractivity contribution >= 4 is 63.3 Å². The van der Waals surface area contributed by atoms with Crippen molar-refractivity contribution in [2.75, 3.05) is 9.80 Å². The highest BCUT2D eigenvalue weighted by Crippen LogP contribution is 2.52. The molecule has 9 rings (SSSR count). The summed E-state index contributed by atoms with van der Waals surface area (Å²) < 4.78 is 0. The summed E-state index contributed by atoms with van der Waals surface area (Å²) in [5.74, 6) is 0. The summed E-state index contributed by atoms with van der Waals surface area (Å²) in [6.45, 7) is 11.9. The van der Waals surface area contributed by atoms with Crippen LogP contribution >= 0.6 is 11.8 Å². The number of hydrogen-bond acceptors (Lipinski definition) is 3. The highest BCUT2D eigenvalue weighted by molar-refractivity contribution is 8.03. The third-order valence-corrected chi connectivity index (χ3v) is 12.3. The van der Waals surface area contributed by atoms with Crippen LogP contribution in [0.25, 0.3) is 0 Å². The van der Waals surface area contributed by atoms with Crippen LogP contribution in [0.1, 0.15) is 77.0 Å². The van der Waals surface area contributed by atoms with Gasteiger partial charge in [0.2, 0.25) is 6.71 Å². The topological polar surface area (TPSA) is 6.48 Å². The van der Waals surface area contributed by atoms with E-state index < -0.39 is 0 Å². The van der Waals surface area contributed by atoms with Gasteiger partial charge in [0.15, 0.2) is 0 Å². The van der Waals surface area contributed by atoms with E-state index in [9.17, 15) is 0 Å². The Balaban J connectivity index is 1.31. The second-order valence-corrected chi connectivity index (χ2v) is 16.4. The third-order valence-electron chi connectivity index (χ3n) is 11.0. The van der Waals surface area contributed by atoms with Crippen LogP contribution < -0.4 is 26.2 Å². The van der Waals surface area contributed by atoms with E-state index in [1.54, 1.807) is 4.91 Å². The average molecular weight is 629 g/mol. The molecule has 0 fully saturated rings. The monoisotopic (exact) mass is 628 g/mol. The first-order valence-electron chi connectivity index (χ1n) is 17.3. The summed E-state index contributed by atoms with van der Waals surface area (Å²) in [6.07, 6.45) is 4.83. The SMILES string of the molecule is CC(C)(C)c1ccc(N2c3cc(N4C5=C(CCCC5)Sc5ccccc54)ccc3B3c4ccccc4C(C)(C)c4cccc2c43)cc1. The summed E-state index contributed by atoms with van der Waals surface area (Å²) in [7, 11) is 0. The molecule has 47 heavy (non-hydrogen) atoms. The van der Waals surface area contributed by atoms with E-state index in [0.717, 1.165) is 6.42 Å². The molecule has 0 saturated carbocycles. The number of thioether (sulfide) groups is 1. The summed E-state index contributed by atoms with van der Waals surface area (Å²) >= 11 is 1.99. The molecule has 1 aliphatic carbocycles. The number of allylic oxidation sites excluding steroid dienone is 2. The fourth-order valence-corrected chi connectivity index (χ4v) is 9.91. The lowest BCUT2D eigenvalue weighted by Gasteiger charge is -2.46. The fourth-order valence-electron chi connectivity index (χ4n) is 8.67. The Bertz CT molecular complexity index is 2100. The number of anilines is 5. The van der Waals surface area contributed by atoms with E-state index >= 15 is 0 Å². The molecule has 232 valence electrons. The number of para-hydroxylation sites is 1. The molecule has 5 aromatic rings. The molecule has 0 N–H and O–H groups in total. The van der Waals surface area contributed by atoms with Gasteiger partial charge in [-0.2, -0.15) is 0 Å². The zero-order valence-corrected chi connectivity index (χ0v) is 28.9. The molecule has 0 spiro atoms. The van der Waals surface area contributed by atoms with Gasteiger partial charge in [-0.3, -0.25) is 0 Å². The molecule has 0 atom stereocenters. The van der Waals surface area contributed by atoms with Crippen molar-refractivity contribution in [3.63, 3.8) is 0 Å². The summed E-state index contributed by atoms with van der Waals surface area (Å²) in [6, 6.07) is 41.9.